The van der Waals surface area contributed by atoms with Crippen LogP contribution in [0.2, 0.25) is 0 Å². The Morgan fingerprint density at radius 1 is 1.03 bits per heavy atom. The topological polar surface area (TPSA) is 31.9 Å². The van der Waals surface area contributed by atoms with Crippen LogP contribution in [0.1, 0.15) is 46.8 Å². The number of benzene rings is 2. The fourth-order valence-corrected chi connectivity index (χ4v) is 4.89. The van der Waals surface area contributed by atoms with E-state index in [1.807, 2.05) is 18.3 Å². The first-order valence-electron chi connectivity index (χ1n) is 11.2. The third-order valence-electron chi connectivity index (χ3n) is 6.53. The van der Waals surface area contributed by atoms with Gasteiger partial charge in [0.05, 0.1) is 0 Å². The number of hydrogen-bond acceptors (Lipinski definition) is 2. The fourth-order valence-electron chi connectivity index (χ4n) is 4.89. The summed E-state index contributed by atoms with van der Waals surface area (Å²) in [5.74, 6) is -0.0198. The van der Waals surface area contributed by atoms with Crippen LogP contribution in [0.4, 0.5) is 8.78 Å². The Labute approximate surface area is 187 Å². The second-order valence-electron chi connectivity index (χ2n) is 8.89. The van der Waals surface area contributed by atoms with E-state index in [0.29, 0.717) is 12.3 Å². The molecule has 2 aromatic carbocycles. The molecule has 5 rings (SSSR count). The van der Waals surface area contributed by atoms with Crippen molar-refractivity contribution in [2.24, 2.45) is 0 Å². The quantitative estimate of drug-likeness (QED) is 0.413. The van der Waals surface area contributed by atoms with E-state index in [2.05, 4.69) is 28.9 Å². The van der Waals surface area contributed by atoms with Crippen molar-refractivity contribution in [1.29, 1.82) is 0 Å². The highest BCUT2D eigenvalue weighted by Gasteiger charge is 2.24. The van der Waals surface area contributed by atoms with Crippen LogP contribution in [-0.4, -0.2) is 28.0 Å². The first-order valence-corrected chi connectivity index (χ1v) is 11.2. The Hall–Kier alpha value is -3.05. The van der Waals surface area contributed by atoms with Crippen molar-refractivity contribution < 1.29 is 8.78 Å². The van der Waals surface area contributed by atoms with Crippen molar-refractivity contribution in [2.75, 3.05) is 13.1 Å². The molecule has 4 aromatic rings. The zero-order chi connectivity index (χ0) is 22.1. The summed E-state index contributed by atoms with van der Waals surface area (Å²) < 4.78 is 27.3. The molecular formula is C27H27F2N3. The van der Waals surface area contributed by atoms with Crippen molar-refractivity contribution >= 4 is 10.9 Å². The lowest BCUT2D eigenvalue weighted by molar-refractivity contribution is 0.199. The zero-order valence-corrected chi connectivity index (χ0v) is 18.2. The van der Waals surface area contributed by atoms with Gasteiger partial charge in [-0.3, -0.25) is 9.88 Å². The van der Waals surface area contributed by atoms with Crippen molar-refractivity contribution in [3.63, 3.8) is 0 Å². The minimum absolute atomic E-state index is 0.197. The average molecular weight is 432 g/mol. The SMILES string of the molecule is Cc1[nH]c2ccc(F)cc2c1CN1CCC[C@@H](c2ccc(Cc3cccc(F)c3)cn2)C1. The minimum atomic E-state index is -0.206. The molecule has 0 spiro atoms. The molecule has 1 aliphatic rings. The van der Waals surface area contributed by atoms with Crippen molar-refractivity contribution in [3.05, 3.63) is 101 Å². The summed E-state index contributed by atoms with van der Waals surface area (Å²) in [6.45, 7) is 4.85. The number of nitrogens with zero attached hydrogens (tertiary/aromatic N) is 2. The summed E-state index contributed by atoms with van der Waals surface area (Å²) in [6, 6.07) is 15.9. The van der Waals surface area contributed by atoms with Crippen molar-refractivity contribution in [2.45, 2.75) is 38.6 Å². The number of likely N-dealkylation sites (tertiary alicyclic amines) is 1. The molecule has 2 aromatic heterocycles. The third-order valence-corrected chi connectivity index (χ3v) is 6.53. The lowest BCUT2D eigenvalue weighted by atomic mass is 9.93. The fraction of sp³-hybridized carbons (Fsp3) is 0.296. The molecule has 0 radical (unpaired) electrons. The van der Waals surface area contributed by atoms with E-state index in [0.717, 1.165) is 65.9 Å². The van der Waals surface area contributed by atoms with Gasteiger partial charge in [0.25, 0.3) is 0 Å². The maximum Gasteiger partial charge on any atom is 0.123 e. The Morgan fingerprint density at radius 3 is 2.72 bits per heavy atom. The summed E-state index contributed by atoms with van der Waals surface area (Å²) in [7, 11) is 0. The number of hydrogen-bond donors (Lipinski definition) is 1. The van der Waals surface area contributed by atoms with Crippen LogP contribution in [0.5, 0.6) is 0 Å². The Balaban J connectivity index is 1.28. The van der Waals surface area contributed by atoms with Crippen LogP contribution < -0.4 is 0 Å². The largest absolute Gasteiger partial charge is 0.358 e. The molecule has 0 unspecified atom stereocenters. The third kappa shape index (κ3) is 4.44. The van der Waals surface area contributed by atoms with Gasteiger partial charge in [0.15, 0.2) is 0 Å². The standard InChI is InChI=1S/C27H27F2N3/c1-18-25(24-14-23(29)8-10-27(24)31-18)17-32-11-3-5-21(16-32)26-9-7-20(15-30-26)12-19-4-2-6-22(28)13-19/h2,4,6-10,13-15,21,31H,3,5,11-12,16-17H2,1H3/t21-/m1/s1. The number of pyridine rings is 1. The summed E-state index contributed by atoms with van der Waals surface area (Å²) in [5, 5.41) is 0.976. The van der Waals surface area contributed by atoms with E-state index in [4.69, 9.17) is 4.98 Å². The van der Waals surface area contributed by atoms with Crippen molar-refractivity contribution in [3.8, 4) is 0 Å². The molecule has 3 heterocycles. The number of rotatable bonds is 5. The number of aromatic nitrogens is 2. The highest BCUT2D eigenvalue weighted by Crippen LogP contribution is 2.30. The number of nitrogens with one attached hydrogen (secondary N) is 1. The average Bonchev–Trinajstić information content (AvgIpc) is 3.09. The molecular weight excluding hydrogens is 404 g/mol. The van der Waals surface area contributed by atoms with E-state index in [1.54, 1.807) is 18.2 Å². The number of H-pyrrole nitrogens is 1. The highest BCUT2D eigenvalue weighted by molar-refractivity contribution is 5.84. The van der Waals surface area contributed by atoms with Crippen LogP contribution in [0.15, 0.2) is 60.8 Å². The summed E-state index contributed by atoms with van der Waals surface area (Å²) in [6.07, 6.45) is 4.84. The molecule has 5 heteroatoms. The Bertz CT molecular complexity index is 1230. The van der Waals surface area contributed by atoms with Gasteiger partial charge < -0.3 is 4.98 Å². The minimum Gasteiger partial charge on any atom is -0.358 e. The first-order chi connectivity index (χ1) is 15.5. The first kappa shape index (κ1) is 20.8. The second kappa shape index (κ2) is 8.83. The molecule has 0 aliphatic carbocycles. The van der Waals surface area contributed by atoms with Gasteiger partial charge in [-0.15, -0.1) is 0 Å². The van der Waals surface area contributed by atoms with E-state index < -0.39 is 0 Å². The number of aryl methyl sites for hydroxylation is 1. The number of piperidine rings is 1. The second-order valence-corrected chi connectivity index (χ2v) is 8.89. The van der Waals surface area contributed by atoms with Crippen LogP contribution in [0, 0.1) is 18.6 Å². The number of halogens is 2. The Morgan fingerprint density at radius 2 is 1.91 bits per heavy atom. The molecule has 164 valence electrons. The maximum absolute atomic E-state index is 13.8. The van der Waals surface area contributed by atoms with E-state index in [9.17, 15) is 8.78 Å². The van der Waals surface area contributed by atoms with Gasteiger partial charge in [0.1, 0.15) is 11.6 Å². The summed E-state index contributed by atoms with van der Waals surface area (Å²) >= 11 is 0. The van der Waals surface area contributed by atoms with E-state index in [-0.39, 0.29) is 11.6 Å². The maximum atomic E-state index is 13.8. The van der Waals surface area contributed by atoms with Gasteiger partial charge in [-0.2, -0.15) is 0 Å². The lowest BCUT2D eigenvalue weighted by Crippen LogP contribution is -2.34. The number of fused-ring (bicyclic) bond motifs is 1. The van der Waals surface area contributed by atoms with Gasteiger partial charge in [0.2, 0.25) is 0 Å². The molecule has 32 heavy (non-hydrogen) atoms. The molecule has 1 atom stereocenters. The van der Waals surface area contributed by atoms with Crippen LogP contribution in [-0.2, 0) is 13.0 Å². The molecule has 0 bridgehead atoms. The lowest BCUT2D eigenvalue weighted by Gasteiger charge is -2.32. The normalized spacial score (nSPS) is 17.2. The number of aromatic amines is 1. The monoisotopic (exact) mass is 431 g/mol. The predicted octanol–water partition coefficient (Wildman–Crippen LogP) is 6.12. The van der Waals surface area contributed by atoms with Crippen LogP contribution >= 0.6 is 0 Å². The Kier molecular flexibility index (Phi) is 5.75. The van der Waals surface area contributed by atoms with Crippen molar-refractivity contribution in [1.82, 2.24) is 14.9 Å². The molecule has 1 fully saturated rings. The zero-order valence-electron chi connectivity index (χ0n) is 18.2. The van der Waals surface area contributed by atoms with Gasteiger partial charge in [-0.05, 0) is 85.8 Å². The van der Waals surface area contributed by atoms with Crippen LogP contribution in [0.3, 0.4) is 0 Å². The van der Waals surface area contributed by atoms with Gasteiger partial charge >= 0.3 is 0 Å². The van der Waals surface area contributed by atoms with Gasteiger partial charge in [-0.1, -0.05) is 18.2 Å². The predicted molar refractivity (Wildman–Crippen MR) is 124 cm³/mol. The van der Waals surface area contributed by atoms with Gasteiger partial charge in [0, 0.05) is 47.5 Å². The van der Waals surface area contributed by atoms with E-state index >= 15 is 0 Å². The molecule has 1 aliphatic heterocycles. The van der Waals surface area contributed by atoms with E-state index in [1.165, 1.54) is 17.7 Å². The van der Waals surface area contributed by atoms with Gasteiger partial charge in [-0.25, -0.2) is 8.78 Å². The molecule has 1 saturated heterocycles. The summed E-state index contributed by atoms with van der Waals surface area (Å²) in [4.78, 5) is 10.6. The molecule has 1 N–H and O–H groups in total. The van der Waals surface area contributed by atoms with Crippen LogP contribution in [0.25, 0.3) is 10.9 Å². The highest BCUT2D eigenvalue weighted by atomic mass is 19.1. The molecule has 3 nitrogen and oxygen atoms in total. The molecule has 0 saturated carbocycles. The smallest absolute Gasteiger partial charge is 0.123 e. The summed E-state index contributed by atoms with van der Waals surface area (Å²) in [5.41, 5.74) is 6.42. The molecule has 0 amide bonds.